The van der Waals surface area contributed by atoms with E-state index in [0.717, 1.165) is 32.4 Å². The predicted octanol–water partition coefficient (Wildman–Crippen LogP) is 1.98. The molecule has 0 bridgehead atoms. The Morgan fingerprint density at radius 1 is 1.40 bits per heavy atom. The van der Waals surface area contributed by atoms with Crippen molar-refractivity contribution in [1.29, 1.82) is 0 Å². The lowest BCUT2D eigenvalue weighted by atomic mass is 10.1. The Labute approximate surface area is 93.8 Å². The van der Waals surface area contributed by atoms with Crippen LogP contribution in [0.2, 0.25) is 0 Å². The van der Waals surface area contributed by atoms with Crippen molar-refractivity contribution in [2.24, 2.45) is 0 Å². The van der Waals surface area contributed by atoms with Crippen LogP contribution in [0.5, 0.6) is 0 Å². The molecule has 0 radical (unpaired) electrons. The minimum Gasteiger partial charge on any atom is -0.382 e. The zero-order valence-electron chi connectivity index (χ0n) is 10.1. The van der Waals surface area contributed by atoms with Crippen molar-refractivity contribution < 1.29 is 9.47 Å². The van der Waals surface area contributed by atoms with Gasteiger partial charge in [0.15, 0.2) is 0 Å². The summed E-state index contributed by atoms with van der Waals surface area (Å²) in [6, 6.07) is 0.444. The van der Waals surface area contributed by atoms with E-state index < -0.39 is 0 Å². The Morgan fingerprint density at radius 3 is 2.80 bits per heavy atom. The summed E-state index contributed by atoms with van der Waals surface area (Å²) in [4.78, 5) is 0. The van der Waals surface area contributed by atoms with E-state index in [1.807, 2.05) is 6.08 Å². The van der Waals surface area contributed by atoms with E-state index in [1.54, 1.807) is 7.11 Å². The first-order valence-corrected chi connectivity index (χ1v) is 5.76. The van der Waals surface area contributed by atoms with E-state index in [2.05, 4.69) is 18.8 Å². The molecule has 0 aromatic heterocycles. The van der Waals surface area contributed by atoms with Gasteiger partial charge in [0.2, 0.25) is 0 Å². The first-order valence-electron chi connectivity index (χ1n) is 5.76. The van der Waals surface area contributed by atoms with Gasteiger partial charge in [-0.2, -0.15) is 0 Å². The van der Waals surface area contributed by atoms with E-state index >= 15 is 0 Å². The van der Waals surface area contributed by atoms with Crippen LogP contribution in [0.4, 0.5) is 0 Å². The lowest BCUT2D eigenvalue weighted by Crippen LogP contribution is -2.34. The average molecular weight is 215 g/mol. The Hall–Kier alpha value is -0.380. The smallest absolute Gasteiger partial charge is 0.0701 e. The molecule has 0 fully saturated rings. The fourth-order valence-electron chi connectivity index (χ4n) is 1.28. The first-order chi connectivity index (χ1) is 7.35. The molecule has 0 saturated heterocycles. The summed E-state index contributed by atoms with van der Waals surface area (Å²) in [5.74, 6) is 0. The summed E-state index contributed by atoms with van der Waals surface area (Å²) >= 11 is 0. The monoisotopic (exact) mass is 215 g/mol. The maximum atomic E-state index is 5.51. The maximum absolute atomic E-state index is 5.51. The molecular weight excluding hydrogens is 190 g/mol. The van der Waals surface area contributed by atoms with Crippen LogP contribution in [-0.4, -0.2) is 39.5 Å². The predicted molar refractivity (Wildman–Crippen MR) is 64.2 cm³/mol. The second-order valence-electron chi connectivity index (χ2n) is 3.58. The Kier molecular flexibility index (Phi) is 11.4. The van der Waals surface area contributed by atoms with Crippen LogP contribution in [-0.2, 0) is 9.47 Å². The van der Waals surface area contributed by atoms with Gasteiger partial charge in [-0.25, -0.2) is 0 Å². The molecule has 0 saturated carbocycles. The molecule has 3 nitrogen and oxygen atoms in total. The fraction of sp³-hybridized carbons (Fsp3) is 0.833. The van der Waals surface area contributed by atoms with Gasteiger partial charge in [-0.15, -0.1) is 6.58 Å². The number of hydrogen-bond donors (Lipinski definition) is 1. The molecule has 0 aromatic rings. The van der Waals surface area contributed by atoms with Gasteiger partial charge in [-0.1, -0.05) is 13.0 Å². The standard InChI is InChI=1S/C12H25NO2/c1-4-6-7-12(13-8-5-2)11-15-10-9-14-3/h4,12-13H,1,5-11H2,2-3H3. The topological polar surface area (TPSA) is 30.5 Å². The number of rotatable bonds is 11. The van der Waals surface area contributed by atoms with E-state index in [-0.39, 0.29) is 0 Å². The van der Waals surface area contributed by atoms with Gasteiger partial charge >= 0.3 is 0 Å². The van der Waals surface area contributed by atoms with Crippen molar-refractivity contribution in [2.75, 3.05) is 33.5 Å². The quantitative estimate of drug-likeness (QED) is 0.422. The van der Waals surface area contributed by atoms with Crippen LogP contribution >= 0.6 is 0 Å². The van der Waals surface area contributed by atoms with Crippen LogP contribution in [0.3, 0.4) is 0 Å². The largest absolute Gasteiger partial charge is 0.382 e. The lowest BCUT2D eigenvalue weighted by Gasteiger charge is -2.17. The molecule has 0 aliphatic carbocycles. The summed E-state index contributed by atoms with van der Waals surface area (Å²) in [6.07, 6.45) is 5.24. The minimum atomic E-state index is 0.444. The van der Waals surface area contributed by atoms with Crippen molar-refractivity contribution in [3.05, 3.63) is 12.7 Å². The zero-order chi connectivity index (χ0) is 11.4. The Morgan fingerprint density at radius 2 is 2.20 bits per heavy atom. The molecule has 15 heavy (non-hydrogen) atoms. The van der Waals surface area contributed by atoms with Gasteiger partial charge in [-0.05, 0) is 25.8 Å². The molecule has 1 unspecified atom stereocenters. The average Bonchev–Trinajstić information content (AvgIpc) is 2.27. The molecule has 0 rings (SSSR count). The highest BCUT2D eigenvalue weighted by molar-refractivity contribution is 4.73. The van der Waals surface area contributed by atoms with Crippen LogP contribution in [0.25, 0.3) is 0 Å². The van der Waals surface area contributed by atoms with Gasteiger partial charge in [-0.3, -0.25) is 0 Å². The highest BCUT2D eigenvalue weighted by atomic mass is 16.5. The zero-order valence-corrected chi connectivity index (χ0v) is 10.1. The molecule has 0 amide bonds. The molecule has 1 atom stereocenters. The van der Waals surface area contributed by atoms with Crippen LogP contribution < -0.4 is 5.32 Å². The highest BCUT2D eigenvalue weighted by Gasteiger charge is 2.06. The van der Waals surface area contributed by atoms with E-state index in [1.165, 1.54) is 0 Å². The number of ether oxygens (including phenoxy) is 2. The molecule has 90 valence electrons. The first kappa shape index (κ1) is 14.6. The highest BCUT2D eigenvalue weighted by Crippen LogP contribution is 1.99. The third-order valence-electron chi connectivity index (χ3n) is 2.15. The molecule has 3 heteroatoms. The van der Waals surface area contributed by atoms with Crippen molar-refractivity contribution >= 4 is 0 Å². The summed E-state index contributed by atoms with van der Waals surface area (Å²) in [5, 5.41) is 3.47. The summed E-state index contributed by atoms with van der Waals surface area (Å²) < 4.78 is 10.4. The number of hydrogen-bond acceptors (Lipinski definition) is 3. The van der Waals surface area contributed by atoms with Crippen LogP contribution in [0.15, 0.2) is 12.7 Å². The van der Waals surface area contributed by atoms with Gasteiger partial charge < -0.3 is 14.8 Å². The van der Waals surface area contributed by atoms with E-state index in [0.29, 0.717) is 19.3 Å². The molecule has 0 aliphatic rings. The summed E-state index contributed by atoms with van der Waals surface area (Å²) in [6.45, 7) is 9.06. The van der Waals surface area contributed by atoms with Gasteiger partial charge in [0.05, 0.1) is 19.8 Å². The molecule has 0 aliphatic heterocycles. The van der Waals surface area contributed by atoms with Gasteiger partial charge in [0.25, 0.3) is 0 Å². The number of allylic oxidation sites excluding steroid dienone is 1. The molecular formula is C12H25NO2. The van der Waals surface area contributed by atoms with Gasteiger partial charge in [0, 0.05) is 13.2 Å². The van der Waals surface area contributed by atoms with Crippen molar-refractivity contribution in [1.82, 2.24) is 5.32 Å². The van der Waals surface area contributed by atoms with Crippen molar-refractivity contribution in [3.63, 3.8) is 0 Å². The maximum Gasteiger partial charge on any atom is 0.0701 e. The number of methoxy groups -OCH3 is 1. The Bertz CT molecular complexity index is 140. The van der Waals surface area contributed by atoms with Gasteiger partial charge in [0.1, 0.15) is 0 Å². The SMILES string of the molecule is C=CCCC(COCCOC)NCCC. The minimum absolute atomic E-state index is 0.444. The molecule has 0 spiro atoms. The molecule has 1 N–H and O–H groups in total. The normalized spacial score (nSPS) is 12.7. The third kappa shape index (κ3) is 9.91. The fourth-order valence-corrected chi connectivity index (χ4v) is 1.28. The molecule has 0 heterocycles. The lowest BCUT2D eigenvalue weighted by molar-refractivity contribution is 0.0576. The van der Waals surface area contributed by atoms with E-state index in [4.69, 9.17) is 9.47 Å². The summed E-state index contributed by atoms with van der Waals surface area (Å²) in [5.41, 5.74) is 0. The van der Waals surface area contributed by atoms with Crippen molar-refractivity contribution in [2.45, 2.75) is 32.2 Å². The second-order valence-corrected chi connectivity index (χ2v) is 3.58. The third-order valence-corrected chi connectivity index (χ3v) is 2.15. The Balaban J connectivity index is 3.53. The number of nitrogens with one attached hydrogen (secondary N) is 1. The van der Waals surface area contributed by atoms with Crippen LogP contribution in [0, 0.1) is 0 Å². The summed E-state index contributed by atoms with van der Waals surface area (Å²) in [7, 11) is 1.69. The second kappa shape index (κ2) is 11.7. The van der Waals surface area contributed by atoms with Crippen molar-refractivity contribution in [3.8, 4) is 0 Å². The van der Waals surface area contributed by atoms with Crippen LogP contribution in [0.1, 0.15) is 26.2 Å². The molecule has 0 aromatic carbocycles. The van der Waals surface area contributed by atoms with E-state index in [9.17, 15) is 0 Å².